The standard InChI is InChI=1S/C12H32Si3.C10H24Si3.C5H10.C4H6.C2H12Si3/c1-9(2)11(5)14(7)13-15(8)12(6)10(3)4;1-7-9(3)12(5)11-13(6)10(4)8-2;1-4-5(2)3;1-3-4-2;1-3-5-4-2/h9-12,14-15H,13H2,1-8H3;7-8,12-13H,11H2,1-6H3;4H,1-3H3;1-2H3;3-5H2,1-2H3. The molecule has 6 atom stereocenters. The van der Waals surface area contributed by atoms with Crippen LogP contribution in [0.5, 0.6) is 0 Å². The lowest BCUT2D eigenvalue weighted by Crippen LogP contribution is -2.39. The average Bonchev–Trinajstić information content (AvgIpc) is 2.96. The van der Waals surface area contributed by atoms with E-state index in [9.17, 15) is 0 Å². The van der Waals surface area contributed by atoms with Crippen molar-refractivity contribution >= 4 is 77.0 Å². The first-order valence-electron chi connectivity index (χ1n) is 17.6. The molecule has 0 nitrogen and oxygen atoms in total. The summed E-state index contributed by atoms with van der Waals surface area (Å²) in [6.45, 7) is 49.0. The smallest absolute Gasteiger partial charge is 0.0464 e. The third kappa shape index (κ3) is 36.9. The van der Waals surface area contributed by atoms with Crippen LogP contribution < -0.4 is 0 Å². The maximum Gasteiger partial charge on any atom is 0.0464 e. The van der Waals surface area contributed by atoms with Crippen LogP contribution in [0.2, 0.25) is 50.4 Å². The van der Waals surface area contributed by atoms with Gasteiger partial charge in [-0.05, 0) is 82.7 Å². The van der Waals surface area contributed by atoms with Crippen molar-refractivity contribution < 1.29 is 0 Å². The Hall–Kier alpha value is 0.732. The second-order valence-electron chi connectivity index (χ2n) is 13.7. The molecule has 0 aliphatic rings. The van der Waals surface area contributed by atoms with Crippen LogP contribution >= 0.6 is 0 Å². The normalized spacial score (nSPS) is 16.6. The first kappa shape index (κ1) is 52.3. The molecule has 0 bridgehead atoms. The van der Waals surface area contributed by atoms with E-state index >= 15 is 0 Å². The molecule has 0 N–H and O–H groups in total. The lowest BCUT2D eigenvalue weighted by atomic mass is 10.1. The number of allylic oxidation sites excluding steroid dienone is 6. The Kier molecular flexibility index (Phi) is 45.1. The fourth-order valence-corrected chi connectivity index (χ4v) is 71.7. The highest BCUT2D eigenvalue weighted by molar-refractivity contribution is 7.44. The predicted molar refractivity (Wildman–Crippen MR) is 238 cm³/mol. The van der Waals surface area contributed by atoms with Gasteiger partial charge in [-0.3, -0.25) is 0 Å². The summed E-state index contributed by atoms with van der Waals surface area (Å²) in [6.07, 6.45) is 6.77. The minimum Gasteiger partial charge on any atom is -0.107 e. The SMILES string of the molecule is CC#CC.CC(C)C(C)[SiH](C)[SiH2][SiH](C)C(C)C(C)C.CC=C(C)C.CC=C(C)[SiH](C)[SiH2][SiH](C)C(C)=CC.C[SiH2][SiH2][SiH2]C. The lowest BCUT2D eigenvalue weighted by molar-refractivity contribution is 0.615. The van der Waals surface area contributed by atoms with Crippen molar-refractivity contribution in [2.75, 3.05) is 0 Å². The summed E-state index contributed by atoms with van der Waals surface area (Å²) in [6, 6.07) is 0. The number of hydrogen-bond acceptors (Lipinski definition) is 0. The van der Waals surface area contributed by atoms with Crippen LogP contribution in [0, 0.1) is 23.7 Å². The molecule has 0 amide bonds. The highest BCUT2D eigenvalue weighted by Crippen LogP contribution is 2.24. The Labute approximate surface area is 287 Å². The van der Waals surface area contributed by atoms with Crippen molar-refractivity contribution in [1.29, 1.82) is 0 Å². The summed E-state index contributed by atoms with van der Waals surface area (Å²) in [7, 11) is 1.16. The van der Waals surface area contributed by atoms with E-state index in [4.69, 9.17) is 0 Å². The van der Waals surface area contributed by atoms with Gasteiger partial charge in [-0.15, -0.1) is 11.8 Å². The molecule has 252 valence electrons. The van der Waals surface area contributed by atoms with Gasteiger partial charge in [-0.2, -0.15) is 0 Å². The zero-order valence-corrected chi connectivity index (χ0v) is 45.1. The third-order valence-corrected chi connectivity index (χ3v) is 82.7. The van der Waals surface area contributed by atoms with Crippen LogP contribution in [0.3, 0.4) is 0 Å². The molecule has 0 spiro atoms. The van der Waals surface area contributed by atoms with Gasteiger partial charge < -0.3 is 0 Å². The van der Waals surface area contributed by atoms with Gasteiger partial charge in [0.15, 0.2) is 0 Å². The minimum absolute atomic E-state index is 0.284. The Morgan fingerprint density at radius 2 is 0.857 bits per heavy atom. The molecule has 0 saturated carbocycles. The molecule has 6 unspecified atom stereocenters. The molecule has 42 heavy (non-hydrogen) atoms. The fraction of sp³-hybridized carbons (Fsp3) is 0.758. The highest BCUT2D eigenvalue weighted by Gasteiger charge is 2.24. The molecular weight excluding hydrogens is 649 g/mol. The summed E-state index contributed by atoms with van der Waals surface area (Å²) in [5, 5.41) is 3.49. The molecule has 0 aromatic rings. The van der Waals surface area contributed by atoms with Gasteiger partial charge in [-0.25, -0.2) is 0 Å². The van der Waals surface area contributed by atoms with E-state index < -0.39 is 16.6 Å². The third-order valence-electron chi connectivity index (χ3n) is 9.35. The van der Waals surface area contributed by atoms with Crippen LogP contribution in [0.25, 0.3) is 0 Å². The predicted octanol–water partition coefficient (Wildman–Crippen LogP) is 6.25. The van der Waals surface area contributed by atoms with Crippen molar-refractivity contribution in [3.63, 3.8) is 0 Å². The molecule has 0 radical (unpaired) electrons. The molecule has 0 heterocycles. The largest absolute Gasteiger partial charge is 0.107 e. The Morgan fingerprint density at radius 1 is 0.571 bits per heavy atom. The van der Waals surface area contributed by atoms with Crippen LogP contribution in [0.15, 0.2) is 34.2 Å². The molecule has 0 aliphatic heterocycles. The maximum absolute atomic E-state index is 2.68. The van der Waals surface area contributed by atoms with Crippen LogP contribution in [-0.2, 0) is 0 Å². The first-order chi connectivity index (χ1) is 19.4. The second kappa shape index (κ2) is 36.2. The summed E-state index contributed by atoms with van der Waals surface area (Å²) in [5.74, 6) is 7.24. The molecule has 9 heteroatoms. The molecule has 0 saturated heterocycles. The van der Waals surface area contributed by atoms with E-state index in [-0.39, 0.29) is 25.2 Å². The molecule has 0 aromatic carbocycles. The Bertz CT molecular complexity index is 682. The second-order valence-corrected chi connectivity index (χ2v) is 69.7. The summed E-state index contributed by atoms with van der Waals surface area (Å²) >= 11 is 0. The summed E-state index contributed by atoms with van der Waals surface area (Å²) in [4.78, 5) is 0. The van der Waals surface area contributed by atoms with Crippen LogP contribution in [0.1, 0.15) is 104 Å². The number of hydrogen-bond donors (Lipinski definition) is 0. The topological polar surface area (TPSA) is 0 Å². The zero-order chi connectivity index (χ0) is 34.4. The van der Waals surface area contributed by atoms with Crippen molar-refractivity contribution in [3.8, 4) is 11.8 Å². The summed E-state index contributed by atoms with van der Waals surface area (Å²) < 4.78 is 0. The van der Waals surface area contributed by atoms with Crippen LogP contribution in [-0.4, -0.2) is 77.0 Å². The number of rotatable bonds is 12. The fourth-order valence-electron chi connectivity index (χ4n) is 4.15. The van der Waals surface area contributed by atoms with Crippen molar-refractivity contribution in [2.45, 2.75) is 154 Å². The van der Waals surface area contributed by atoms with E-state index in [1.807, 2.05) is 20.8 Å². The Morgan fingerprint density at radius 3 is 1.00 bits per heavy atom. The monoisotopic (exact) mass is 732 g/mol. The van der Waals surface area contributed by atoms with E-state index in [1.165, 1.54) is 5.57 Å². The van der Waals surface area contributed by atoms with Crippen LogP contribution in [0.4, 0.5) is 0 Å². The zero-order valence-electron chi connectivity index (χ0n) is 33.4. The molecule has 0 rings (SSSR count). The van der Waals surface area contributed by atoms with E-state index in [0.29, 0.717) is 35.2 Å². The lowest BCUT2D eigenvalue weighted by Gasteiger charge is -2.28. The average molecular weight is 734 g/mol. The minimum atomic E-state index is -0.403. The maximum atomic E-state index is 2.68. The molecular formula is C33H84Si9. The van der Waals surface area contributed by atoms with Gasteiger partial charge in [0.1, 0.15) is 0 Å². The quantitative estimate of drug-likeness (QED) is 0.127. The van der Waals surface area contributed by atoms with Gasteiger partial charge in [0, 0.05) is 68.4 Å². The van der Waals surface area contributed by atoms with E-state index in [1.54, 1.807) is 10.4 Å². The van der Waals surface area contributed by atoms with E-state index in [0.717, 1.165) is 22.9 Å². The molecule has 0 aliphatic carbocycles. The van der Waals surface area contributed by atoms with Gasteiger partial charge in [0.25, 0.3) is 0 Å². The summed E-state index contributed by atoms with van der Waals surface area (Å²) in [5.41, 5.74) is 3.56. The van der Waals surface area contributed by atoms with E-state index in [2.05, 4.69) is 152 Å². The van der Waals surface area contributed by atoms with Crippen molar-refractivity contribution in [2.24, 2.45) is 11.8 Å². The highest BCUT2D eigenvalue weighted by atomic mass is 29.6. The van der Waals surface area contributed by atoms with Gasteiger partial charge in [0.05, 0.1) is 0 Å². The van der Waals surface area contributed by atoms with Gasteiger partial charge >= 0.3 is 0 Å². The molecule has 0 aromatic heterocycles. The Balaban J connectivity index is -0.000000151. The van der Waals surface area contributed by atoms with Gasteiger partial charge in [0.2, 0.25) is 0 Å². The van der Waals surface area contributed by atoms with Gasteiger partial charge in [-0.1, -0.05) is 126 Å². The first-order valence-corrected chi connectivity index (χ1v) is 48.6. The molecule has 0 fully saturated rings. The van der Waals surface area contributed by atoms with Crippen molar-refractivity contribution in [1.82, 2.24) is 0 Å². The van der Waals surface area contributed by atoms with Crippen molar-refractivity contribution in [3.05, 3.63) is 34.2 Å².